The fraction of sp³-hybridized carbons (Fsp3) is 0.269. The first-order valence-electron chi connectivity index (χ1n) is 10.9. The molecule has 6 nitrogen and oxygen atoms in total. The third-order valence-corrected chi connectivity index (χ3v) is 6.73. The Morgan fingerprint density at radius 2 is 1.82 bits per heavy atom. The minimum absolute atomic E-state index is 0.269. The van der Waals surface area contributed by atoms with Crippen molar-refractivity contribution in [3.63, 3.8) is 0 Å². The highest BCUT2D eigenvalue weighted by atomic mass is 32.2. The summed E-state index contributed by atoms with van der Waals surface area (Å²) < 4.78 is 5.07. The molecule has 0 saturated carbocycles. The van der Waals surface area contributed by atoms with E-state index >= 15 is 0 Å². The second-order valence-corrected chi connectivity index (χ2v) is 9.28. The first-order chi connectivity index (χ1) is 15.9. The van der Waals surface area contributed by atoms with Gasteiger partial charge in [0, 0.05) is 11.4 Å². The molecule has 2 N–H and O–H groups in total. The van der Waals surface area contributed by atoms with Crippen LogP contribution in [0, 0.1) is 0 Å². The molecule has 0 bridgehead atoms. The number of hydrogen-bond acceptors (Lipinski definition) is 6. The van der Waals surface area contributed by atoms with E-state index in [9.17, 15) is 9.59 Å². The van der Waals surface area contributed by atoms with Crippen LogP contribution in [0.3, 0.4) is 0 Å². The lowest BCUT2D eigenvalue weighted by molar-refractivity contribution is -0.136. The summed E-state index contributed by atoms with van der Waals surface area (Å²) in [6, 6.07) is 18.0. The number of carbonyl (C=O) groups excluding carboxylic acids is 1. The molecule has 3 aromatic rings. The zero-order chi connectivity index (χ0) is 23.5. The molecule has 1 aliphatic heterocycles. The molecule has 1 atom stereocenters. The average Bonchev–Trinajstić information content (AvgIpc) is 2.82. The standard InChI is InChI=1S/C26H27N3O3S/c1-15(2)18-10-12-19(13-11-18)21-20(25(31)32-4)16(3)27-23-22(21)24(30)29-26(28-23)33-14-17-8-6-5-7-9-17/h5-13,15,21H,14H2,1-4H3,(H2,27,28,29,30). The highest BCUT2D eigenvalue weighted by Crippen LogP contribution is 2.40. The molecule has 2 aromatic carbocycles. The van der Waals surface area contributed by atoms with Gasteiger partial charge in [-0.25, -0.2) is 9.78 Å². The van der Waals surface area contributed by atoms with E-state index in [1.165, 1.54) is 24.4 Å². The predicted molar refractivity (Wildman–Crippen MR) is 132 cm³/mol. The number of thioether (sulfide) groups is 1. The zero-order valence-electron chi connectivity index (χ0n) is 19.1. The summed E-state index contributed by atoms with van der Waals surface area (Å²) in [6.07, 6.45) is 0. The van der Waals surface area contributed by atoms with Crippen molar-refractivity contribution in [1.29, 1.82) is 0 Å². The highest BCUT2D eigenvalue weighted by molar-refractivity contribution is 7.98. The average molecular weight is 462 g/mol. The van der Waals surface area contributed by atoms with E-state index in [0.29, 0.717) is 39.5 Å². The quantitative estimate of drug-likeness (QED) is 0.299. The molecule has 1 unspecified atom stereocenters. The Hall–Kier alpha value is -3.32. The van der Waals surface area contributed by atoms with E-state index in [0.717, 1.165) is 11.1 Å². The van der Waals surface area contributed by atoms with Crippen molar-refractivity contribution in [2.75, 3.05) is 12.4 Å². The number of aromatic amines is 1. The van der Waals surface area contributed by atoms with Crippen LogP contribution >= 0.6 is 11.8 Å². The lowest BCUT2D eigenvalue weighted by Crippen LogP contribution is -2.31. The van der Waals surface area contributed by atoms with Gasteiger partial charge < -0.3 is 15.0 Å². The van der Waals surface area contributed by atoms with Crippen LogP contribution in [-0.2, 0) is 15.3 Å². The van der Waals surface area contributed by atoms with E-state index in [4.69, 9.17) is 9.72 Å². The lowest BCUT2D eigenvalue weighted by atomic mass is 9.82. The number of methoxy groups -OCH3 is 1. The first-order valence-corrected chi connectivity index (χ1v) is 11.8. The van der Waals surface area contributed by atoms with Gasteiger partial charge in [-0.05, 0) is 29.5 Å². The normalized spacial score (nSPS) is 15.2. The number of carbonyl (C=O) groups is 1. The number of anilines is 1. The third-order valence-electron chi connectivity index (χ3n) is 5.78. The Balaban J connectivity index is 1.76. The number of nitrogens with zero attached hydrogens (tertiary/aromatic N) is 1. The minimum Gasteiger partial charge on any atom is -0.466 e. The summed E-state index contributed by atoms with van der Waals surface area (Å²) in [6.45, 7) is 6.06. The Kier molecular flexibility index (Phi) is 6.70. The number of esters is 1. The number of hydrogen-bond donors (Lipinski definition) is 2. The highest BCUT2D eigenvalue weighted by Gasteiger charge is 2.36. The number of ether oxygens (including phenoxy) is 1. The Morgan fingerprint density at radius 3 is 2.45 bits per heavy atom. The van der Waals surface area contributed by atoms with Gasteiger partial charge in [0.15, 0.2) is 5.16 Å². The number of benzene rings is 2. The van der Waals surface area contributed by atoms with Crippen molar-refractivity contribution in [1.82, 2.24) is 9.97 Å². The van der Waals surface area contributed by atoms with Crippen LogP contribution in [0.5, 0.6) is 0 Å². The number of rotatable bonds is 6. The molecule has 2 heterocycles. The predicted octanol–water partition coefficient (Wildman–Crippen LogP) is 5.19. The molecule has 0 amide bonds. The zero-order valence-corrected chi connectivity index (χ0v) is 20.0. The van der Waals surface area contributed by atoms with Crippen molar-refractivity contribution in [3.8, 4) is 0 Å². The van der Waals surface area contributed by atoms with Crippen LogP contribution in [0.15, 0.2) is 75.8 Å². The molecule has 33 heavy (non-hydrogen) atoms. The Morgan fingerprint density at radius 1 is 1.12 bits per heavy atom. The molecule has 4 rings (SSSR count). The van der Waals surface area contributed by atoms with Crippen molar-refractivity contribution >= 4 is 23.5 Å². The second-order valence-electron chi connectivity index (χ2n) is 8.32. The van der Waals surface area contributed by atoms with Gasteiger partial charge in [-0.1, -0.05) is 80.2 Å². The molecule has 1 aromatic heterocycles. The maximum atomic E-state index is 13.3. The van der Waals surface area contributed by atoms with Gasteiger partial charge >= 0.3 is 5.97 Å². The summed E-state index contributed by atoms with van der Waals surface area (Å²) in [4.78, 5) is 33.6. The van der Waals surface area contributed by atoms with E-state index < -0.39 is 11.9 Å². The summed E-state index contributed by atoms with van der Waals surface area (Å²) in [5, 5.41) is 3.69. The number of fused-ring (bicyclic) bond motifs is 1. The number of H-pyrrole nitrogens is 1. The summed E-state index contributed by atoms with van der Waals surface area (Å²) in [7, 11) is 1.35. The largest absolute Gasteiger partial charge is 0.466 e. The smallest absolute Gasteiger partial charge is 0.336 e. The maximum absolute atomic E-state index is 13.3. The van der Waals surface area contributed by atoms with Crippen LogP contribution in [-0.4, -0.2) is 23.0 Å². The monoisotopic (exact) mass is 461 g/mol. The lowest BCUT2D eigenvalue weighted by Gasteiger charge is -2.28. The molecule has 0 aliphatic carbocycles. The molecule has 170 valence electrons. The van der Waals surface area contributed by atoms with Crippen molar-refractivity contribution in [2.24, 2.45) is 0 Å². The molecule has 7 heteroatoms. The molecule has 0 fully saturated rings. The van der Waals surface area contributed by atoms with Gasteiger partial charge in [0.1, 0.15) is 5.82 Å². The van der Waals surface area contributed by atoms with Crippen LogP contribution in [0.1, 0.15) is 54.9 Å². The van der Waals surface area contributed by atoms with Crippen molar-refractivity contribution in [2.45, 2.75) is 43.5 Å². The number of aromatic nitrogens is 2. The minimum atomic E-state index is -0.570. The van der Waals surface area contributed by atoms with Crippen LogP contribution in [0.25, 0.3) is 0 Å². The number of nitrogens with one attached hydrogen (secondary N) is 2. The summed E-state index contributed by atoms with van der Waals surface area (Å²) in [5.74, 6) is 0.499. The maximum Gasteiger partial charge on any atom is 0.336 e. The molecule has 0 saturated heterocycles. The van der Waals surface area contributed by atoms with E-state index in [2.05, 4.69) is 24.1 Å². The van der Waals surface area contributed by atoms with E-state index in [-0.39, 0.29) is 5.56 Å². The molecule has 0 radical (unpaired) electrons. The van der Waals surface area contributed by atoms with Gasteiger partial charge in [0.25, 0.3) is 5.56 Å². The van der Waals surface area contributed by atoms with Crippen LogP contribution in [0.2, 0.25) is 0 Å². The fourth-order valence-electron chi connectivity index (χ4n) is 4.01. The van der Waals surface area contributed by atoms with Gasteiger partial charge in [-0.15, -0.1) is 0 Å². The van der Waals surface area contributed by atoms with E-state index in [1.807, 2.05) is 61.5 Å². The first kappa shape index (κ1) is 22.9. The van der Waals surface area contributed by atoms with Crippen molar-refractivity contribution < 1.29 is 9.53 Å². The molecular weight excluding hydrogens is 434 g/mol. The van der Waals surface area contributed by atoms with E-state index in [1.54, 1.807) is 0 Å². The van der Waals surface area contributed by atoms with Gasteiger partial charge in [0.05, 0.1) is 24.2 Å². The van der Waals surface area contributed by atoms with Crippen LogP contribution < -0.4 is 10.9 Å². The Bertz CT molecular complexity index is 1250. The molecule has 0 spiro atoms. The molecular formula is C26H27N3O3S. The number of allylic oxidation sites excluding steroid dienone is 1. The van der Waals surface area contributed by atoms with Gasteiger partial charge in [-0.3, -0.25) is 4.79 Å². The van der Waals surface area contributed by atoms with Crippen molar-refractivity contribution in [3.05, 3.63) is 98.5 Å². The topological polar surface area (TPSA) is 84.1 Å². The SMILES string of the molecule is COC(=O)C1=C(C)Nc2nc(SCc3ccccc3)[nH]c(=O)c2C1c1ccc(C(C)C)cc1. The Labute approximate surface area is 197 Å². The van der Waals surface area contributed by atoms with Gasteiger partial charge in [-0.2, -0.15) is 0 Å². The fourth-order valence-corrected chi connectivity index (χ4v) is 4.83. The third kappa shape index (κ3) is 4.73. The summed E-state index contributed by atoms with van der Waals surface area (Å²) >= 11 is 1.46. The summed E-state index contributed by atoms with van der Waals surface area (Å²) in [5.41, 5.74) is 4.37. The second kappa shape index (κ2) is 9.67. The van der Waals surface area contributed by atoms with Crippen LogP contribution in [0.4, 0.5) is 5.82 Å². The molecule has 1 aliphatic rings. The van der Waals surface area contributed by atoms with Gasteiger partial charge in [0.2, 0.25) is 0 Å².